The third-order valence-electron chi connectivity index (χ3n) is 6.32. The van der Waals surface area contributed by atoms with E-state index in [2.05, 4.69) is 45.4 Å². The first-order valence-electron chi connectivity index (χ1n) is 10.8. The Balaban J connectivity index is 2.01. The molecular formula is C22H33N3O5S2Si. The van der Waals surface area contributed by atoms with Crippen LogP contribution in [-0.2, 0) is 14.0 Å². The summed E-state index contributed by atoms with van der Waals surface area (Å²) in [5.74, 6) is 0. The number of hydrogen-bond donors (Lipinski definition) is 1. The van der Waals surface area contributed by atoms with E-state index in [0.717, 1.165) is 16.6 Å². The highest BCUT2D eigenvalue weighted by Crippen LogP contribution is 2.49. The summed E-state index contributed by atoms with van der Waals surface area (Å²) in [6.07, 6.45) is 3.57. The summed E-state index contributed by atoms with van der Waals surface area (Å²) in [5, 5.41) is 13.1. The lowest BCUT2D eigenvalue weighted by molar-refractivity contribution is -0.109. The number of imidazole rings is 1. The number of nitrogens with zero attached hydrogens (tertiary/aromatic N) is 3. The summed E-state index contributed by atoms with van der Waals surface area (Å²) in [6, 6.07) is -0.640. The third-order valence-corrected chi connectivity index (χ3v) is 12.9. The molecule has 8 nitrogen and oxygen atoms in total. The Labute approximate surface area is 204 Å². The molecule has 1 amide bonds. The molecule has 2 aromatic heterocycles. The molecule has 1 unspecified atom stereocenters. The number of fused-ring (bicyclic) bond motifs is 1. The molecule has 33 heavy (non-hydrogen) atoms. The monoisotopic (exact) mass is 511 g/mol. The number of carbonyl (C=O) groups excluding carboxylic acids is 2. The molecule has 0 spiro atoms. The molecule has 3 heterocycles. The van der Waals surface area contributed by atoms with E-state index in [1.54, 1.807) is 12.5 Å². The summed E-state index contributed by atoms with van der Waals surface area (Å²) in [6.45, 7) is 15.9. The van der Waals surface area contributed by atoms with Crippen LogP contribution in [0, 0.1) is 0 Å². The number of aliphatic hydroxyl groups is 1. The lowest BCUT2D eigenvalue weighted by Crippen LogP contribution is -2.50. The van der Waals surface area contributed by atoms with Gasteiger partial charge in [0, 0.05) is 18.7 Å². The van der Waals surface area contributed by atoms with E-state index in [9.17, 15) is 14.7 Å². The fourth-order valence-corrected chi connectivity index (χ4v) is 7.80. The number of thioether (sulfide) groups is 1. The lowest BCUT2D eigenvalue weighted by atomic mass is 10.1. The second kappa shape index (κ2) is 9.53. The Bertz CT molecular complexity index is 1030. The summed E-state index contributed by atoms with van der Waals surface area (Å²) >= 11 is 2.56. The zero-order valence-corrected chi connectivity index (χ0v) is 22.7. The average Bonchev–Trinajstić information content (AvgIpc) is 3.38. The molecule has 0 bridgehead atoms. The van der Waals surface area contributed by atoms with Crippen LogP contribution in [0.2, 0.25) is 18.1 Å². The summed E-state index contributed by atoms with van der Waals surface area (Å²) in [5.41, 5.74) is 0.634. The maximum atomic E-state index is 13.0. The third kappa shape index (κ3) is 5.37. The van der Waals surface area contributed by atoms with E-state index < -0.39 is 31.5 Å². The van der Waals surface area contributed by atoms with Crippen LogP contribution in [0.3, 0.4) is 0 Å². The molecule has 0 saturated carbocycles. The van der Waals surface area contributed by atoms with Gasteiger partial charge in [0.25, 0.3) is 0 Å². The Hall–Kier alpha value is -1.66. The lowest BCUT2D eigenvalue weighted by Gasteiger charge is -2.43. The largest absolute Gasteiger partial charge is 0.445 e. The van der Waals surface area contributed by atoms with E-state index in [-0.39, 0.29) is 23.3 Å². The number of amides is 1. The summed E-state index contributed by atoms with van der Waals surface area (Å²) in [7, 11) is -2.33. The average molecular weight is 512 g/mol. The van der Waals surface area contributed by atoms with Gasteiger partial charge in [0.2, 0.25) is 0 Å². The van der Waals surface area contributed by atoms with Gasteiger partial charge < -0.3 is 14.3 Å². The van der Waals surface area contributed by atoms with Crippen LogP contribution in [0.15, 0.2) is 30.6 Å². The predicted octanol–water partition coefficient (Wildman–Crippen LogP) is 4.82. The molecular weight excluding hydrogens is 478 g/mol. The number of rotatable bonds is 7. The second-order valence-electron chi connectivity index (χ2n) is 9.84. The molecule has 1 aliphatic heterocycles. The number of hydrogen-bond acceptors (Lipinski definition) is 8. The number of aromatic nitrogens is 2. The zero-order valence-electron chi connectivity index (χ0n) is 20.0. The molecule has 11 heteroatoms. The number of aliphatic hydroxyl groups excluding tert-OH is 1. The van der Waals surface area contributed by atoms with E-state index in [0.29, 0.717) is 12.1 Å². The van der Waals surface area contributed by atoms with Gasteiger partial charge in [-0.15, -0.1) is 11.3 Å². The molecule has 2 aromatic rings. The Morgan fingerprint density at radius 1 is 1.48 bits per heavy atom. The van der Waals surface area contributed by atoms with Crippen molar-refractivity contribution in [1.29, 1.82) is 0 Å². The number of likely N-dealkylation sites (tertiary alicyclic amines) is 1. The van der Waals surface area contributed by atoms with Gasteiger partial charge in [-0.2, -0.15) is 0 Å². The van der Waals surface area contributed by atoms with Crippen molar-refractivity contribution in [3.05, 3.63) is 36.3 Å². The molecule has 1 fully saturated rings. The van der Waals surface area contributed by atoms with Gasteiger partial charge in [0.15, 0.2) is 13.4 Å². The van der Waals surface area contributed by atoms with Gasteiger partial charge in [-0.3, -0.25) is 14.1 Å². The maximum absolute atomic E-state index is 13.0. The molecule has 1 saturated heterocycles. The first-order chi connectivity index (χ1) is 15.3. The normalized spacial score (nSPS) is 22.5. The van der Waals surface area contributed by atoms with Crippen LogP contribution in [0.4, 0.5) is 4.79 Å². The SMILES string of the molecule is C=CCOC(=O)N1C[C@](O[Si](C)(C)C(C)(C)C)(SC(C)=O)C[C@H]1C(O)c1csc2cncn12. The highest BCUT2D eigenvalue weighted by molar-refractivity contribution is 8.14. The van der Waals surface area contributed by atoms with Crippen LogP contribution < -0.4 is 0 Å². The molecule has 1 aliphatic rings. The van der Waals surface area contributed by atoms with Crippen molar-refractivity contribution in [2.24, 2.45) is 0 Å². The minimum absolute atomic E-state index is 0.0539. The molecule has 1 N–H and O–H groups in total. The molecule has 0 aromatic carbocycles. The molecule has 0 radical (unpaired) electrons. The fourth-order valence-electron chi connectivity index (χ4n) is 3.76. The van der Waals surface area contributed by atoms with Crippen molar-refractivity contribution in [2.45, 2.75) is 69.3 Å². The smallest absolute Gasteiger partial charge is 0.410 e. The molecule has 3 rings (SSSR count). The summed E-state index contributed by atoms with van der Waals surface area (Å²) < 4.78 is 14.0. The van der Waals surface area contributed by atoms with E-state index in [1.165, 1.54) is 29.2 Å². The standard InChI is InChI=1S/C22H33N3O5S2Si/c1-8-9-29-20(28)24-13-22(32-15(2)26,30-33(6,7)21(3,4)5)10-16(24)19(27)17-12-31-18-11-23-14-25(17)18/h8,11-12,14,16,19,27H,1,9-10,13H2,2-7H3/t16-,19?,22+/m0/s1. The van der Waals surface area contributed by atoms with Crippen LogP contribution in [0.5, 0.6) is 0 Å². The highest BCUT2D eigenvalue weighted by atomic mass is 32.2. The topological polar surface area (TPSA) is 93.4 Å². The fraction of sp³-hybridized carbons (Fsp3) is 0.591. The molecule has 3 atom stereocenters. The second-order valence-corrected chi connectivity index (χ2v) is 17.0. The first kappa shape index (κ1) is 26.0. The van der Waals surface area contributed by atoms with E-state index in [4.69, 9.17) is 9.16 Å². The van der Waals surface area contributed by atoms with E-state index in [1.807, 2.05) is 9.78 Å². The maximum Gasteiger partial charge on any atom is 0.410 e. The van der Waals surface area contributed by atoms with Crippen molar-refractivity contribution in [3.63, 3.8) is 0 Å². The Morgan fingerprint density at radius 3 is 2.79 bits per heavy atom. The van der Waals surface area contributed by atoms with Crippen LogP contribution in [0.1, 0.15) is 45.9 Å². The van der Waals surface area contributed by atoms with Gasteiger partial charge in [-0.25, -0.2) is 9.78 Å². The van der Waals surface area contributed by atoms with Crippen molar-refractivity contribution in [3.8, 4) is 0 Å². The predicted molar refractivity (Wildman–Crippen MR) is 134 cm³/mol. The van der Waals surface area contributed by atoms with E-state index >= 15 is 0 Å². The van der Waals surface area contributed by atoms with Crippen LogP contribution >= 0.6 is 23.1 Å². The highest BCUT2D eigenvalue weighted by Gasteiger charge is 2.55. The molecule has 0 aliphatic carbocycles. The minimum Gasteiger partial charge on any atom is -0.445 e. The number of carbonyl (C=O) groups is 2. The van der Waals surface area contributed by atoms with Gasteiger partial charge >= 0.3 is 6.09 Å². The number of ether oxygens (including phenoxy) is 1. The van der Waals surface area contributed by atoms with Crippen molar-refractivity contribution >= 4 is 47.5 Å². The van der Waals surface area contributed by atoms with Crippen molar-refractivity contribution in [1.82, 2.24) is 14.3 Å². The van der Waals surface area contributed by atoms with Gasteiger partial charge in [0.1, 0.15) is 28.8 Å². The number of thiazole rings is 1. The zero-order chi connectivity index (χ0) is 24.6. The van der Waals surface area contributed by atoms with Gasteiger partial charge in [-0.05, 0) is 18.1 Å². The quantitative estimate of drug-likeness (QED) is 0.323. The van der Waals surface area contributed by atoms with Crippen LogP contribution in [-0.4, -0.2) is 63.0 Å². The van der Waals surface area contributed by atoms with Crippen molar-refractivity contribution in [2.75, 3.05) is 13.2 Å². The van der Waals surface area contributed by atoms with Crippen molar-refractivity contribution < 1.29 is 23.9 Å². The van der Waals surface area contributed by atoms with Crippen LogP contribution in [0.25, 0.3) is 4.83 Å². The summed E-state index contributed by atoms with van der Waals surface area (Å²) in [4.78, 5) is 30.9. The van der Waals surface area contributed by atoms with Gasteiger partial charge in [0.05, 0.1) is 24.5 Å². The van der Waals surface area contributed by atoms with Gasteiger partial charge in [-0.1, -0.05) is 45.2 Å². The Morgan fingerprint density at radius 2 is 2.18 bits per heavy atom. The Kier molecular flexibility index (Phi) is 7.50. The molecule has 182 valence electrons. The first-order valence-corrected chi connectivity index (χ1v) is 15.4. The minimum atomic E-state index is -2.33.